The molecule has 0 saturated carbocycles. The van der Waals surface area contributed by atoms with Crippen LogP contribution in [-0.4, -0.2) is 34.1 Å². The van der Waals surface area contributed by atoms with E-state index in [1.54, 1.807) is 0 Å². The number of rotatable bonds is 0. The van der Waals surface area contributed by atoms with Crippen LogP contribution in [0.3, 0.4) is 0 Å². The average molecular weight is 347 g/mol. The van der Waals surface area contributed by atoms with Gasteiger partial charge in [0.25, 0.3) is 0 Å². The fraction of sp³-hybridized carbons (Fsp3) is 0. The summed E-state index contributed by atoms with van der Waals surface area (Å²) in [6.45, 7) is 0. The molecule has 0 unspecified atom stereocenters. The predicted octanol–water partition coefficient (Wildman–Crippen LogP) is -0.767. The van der Waals surface area contributed by atoms with Gasteiger partial charge >= 0.3 is 0 Å². The van der Waals surface area contributed by atoms with Gasteiger partial charge in [-0.3, -0.25) is 0 Å². The first-order valence-corrected chi connectivity index (χ1v) is 0. The van der Waals surface area contributed by atoms with E-state index >= 15 is 0 Å². The van der Waals surface area contributed by atoms with Crippen molar-refractivity contribution in [1.82, 2.24) is 0 Å². The van der Waals surface area contributed by atoms with Gasteiger partial charge in [-0.2, -0.15) is 0 Å². The van der Waals surface area contributed by atoms with E-state index in [0.717, 1.165) is 0 Å². The Kier molecular flexibility index (Phi) is 142. The van der Waals surface area contributed by atoms with Gasteiger partial charge in [-0.25, -0.2) is 0 Å². The second kappa shape index (κ2) is 17.9. The van der Waals surface area contributed by atoms with Crippen LogP contribution in [0.15, 0.2) is 0 Å². The van der Waals surface area contributed by atoms with Gasteiger partial charge < -0.3 is 0 Å². The third-order valence-corrected chi connectivity index (χ3v) is 0. The molecule has 4 heavy (non-hydrogen) atoms. The Hall–Kier alpha value is 2.47. The van der Waals surface area contributed by atoms with Gasteiger partial charge in [-0.1, -0.05) is 0 Å². The van der Waals surface area contributed by atoms with Crippen molar-refractivity contribution in [3.63, 3.8) is 0 Å². The Morgan fingerprint density at radius 2 is 0.750 bits per heavy atom. The van der Waals surface area contributed by atoms with Gasteiger partial charge in [0.15, 0.2) is 0 Å². The van der Waals surface area contributed by atoms with Crippen LogP contribution in [0, 0.1) is 0 Å². The van der Waals surface area contributed by atoms with Crippen LogP contribution in [-0.2, 0) is 43.4 Å². The molecule has 0 saturated heterocycles. The maximum absolute atomic E-state index is 0. The molecule has 23 valence electrons. The van der Waals surface area contributed by atoms with E-state index < -0.39 is 0 Å². The van der Waals surface area contributed by atoms with Gasteiger partial charge in [0.05, 0.1) is 0 Å². The molecular formula is MoNbSe2. The predicted molar refractivity (Wildman–Crippen MR) is 11.5 cm³/mol. The maximum atomic E-state index is 0. The molecule has 0 nitrogen and oxygen atoms in total. The van der Waals surface area contributed by atoms with Crippen LogP contribution >= 0.6 is 0 Å². The first-order chi connectivity index (χ1) is 0. The Balaban J connectivity index is 0. The summed E-state index contributed by atoms with van der Waals surface area (Å²) in [6, 6.07) is 0. The molecule has 0 spiro atoms. The third kappa shape index (κ3) is 8.82. The van der Waals surface area contributed by atoms with Crippen molar-refractivity contribution in [2.45, 2.75) is 0 Å². The van der Waals surface area contributed by atoms with Gasteiger partial charge in [-0.15, -0.1) is 0 Å². The quantitative estimate of drug-likeness (QED) is 0.506. The maximum Gasteiger partial charge on any atom is 0 e. The van der Waals surface area contributed by atoms with Crippen molar-refractivity contribution in [2.75, 3.05) is 0 Å². The largest absolute Gasteiger partial charge is 0 e. The standard InChI is InChI=1S/Mo.Nb.2Se. The van der Waals surface area contributed by atoms with Crippen LogP contribution in [0.5, 0.6) is 0 Å². The summed E-state index contributed by atoms with van der Waals surface area (Å²) < 4.78 is 0. The molecule has 0 bridgehead atoms. The average Bonchev–Trinajstić information content (AvgIpc) is 0. The molecule has 0 rings (SSSR count). The van der Waals surface area contributed by atoms with Crippen molar-refractivity contribution in [3.05, 3.63) is 0 Å². The van der Waals surface area contributed by atoms with E-state index in [0.29, 0.717) is 0 Å². The normalized spacial score (nSPS) is 0. The monoisotopic (exact) mass is 351 g/mol. The van der Waals surface area contributed by atoms with E-state index in [-0.39, 0.29) is 77.6 Å². The fourth-order valence-corrected chi connectivity index (χ4v) is 0. The summed E-state index contributed by atoms with van der Waals surface area (Å²) in [6.07, 6.45) is 0. The van der Waals surface area contributed by atoms with Crippen LogP contribution < -0.4 is 0 Å². The smallest absolute Gasteiger partial charge is 0 e. The van der Waals surface area contributed by atoms with Crippen molar-refractivity contribution in [2.24, 2.45) is 0 Å². The molecule has 0 aliphatic carbocycles. The Labute approximate surface area is 76.6 Å². The van der Waals surface area contributed by atoms with Crippen LogP contribution in [0.1, 0.15) is 0 Å². The van der Waals surface area contributed by atoms with Crippen LogP contribution in [0.4, 0.5) is 0 Å². The first-order valence-electron chi connectivity index (χ1n) is 0. The molecule has 0 aromatic rings. The summed E-state index contributed by atoms with van der Waals surface area (Å²) in [4.78, 5) is 0. The van der Waals surface area contributed by atoms with Crippen LogP contribution in [0.25, 0.3) is 0 Å². The molecule has 0 fully saturated rings. The summed E-state index contributed by atoms with van der Waals surface area (Å²) in [5, 5.41) is 0. The van der Waals surface area contributed by atoms with Crippen molar-refractivity contribution >= 4 is 34.1 Å². The van der Waals surface area contributed by atoms with Gasteiger partial charge in [-0.05, 0) is 0 Å². The van der Waals surface area contributed by atoms with Crippen molar-refractivity contribution < 1.29 is 43.4 Å². The molecule has 0 aliphatic rings. The third-order valence-electron chi connectivity index (χ3n) is 0. The Bertz CT molecular complexity index is 6.00. The van der Waals surface area contributed by atoms with E-state index in [1.165, 1.54) is 0 Å². The minimum Gasteiger partial charge on any atom is 0 e. The van der Waals surface area contributed by atoms with E-state index in [2.05, 4.69) is 0 Å². The van der Waals surface area contributed by atoms with E-state index in [4.69, 9.17) is 0 Å². The van der Waals surface area contributed by atoms with Crippen LogP contribution in [0.2, 0.25) is 0 Å². The summed E-state index contributed by atoms with van der Waals surface area (Å²) >= 11 is 0. The molecule has 0 aliphatic heterocycles. The minimum atomic E-state index is 0. The molecule has 0 amide bonds. The molecule has 0 atom stereocenters. The molecule has 5 radical (unpaired) electrons. The molecule has 4 heteroatoms. The number of hydrogen-bond donors (Lipinski definition) is 0. The van der Waals surface area contributed by atoms with Gasteiger partial charge in [0.2, 0.25) is 0 Å². The second-order valence-corrected chi connectivity index (χ2v) is 0. The molecule has 0 aromatic heterocycles. The van der Waals surface area contributed by atoms with Gasteiger partial charge in [0.1, 0.15) is 0 Å². The zero-order valence-corrected chi connectivity index (χ0v) is 9.30. The zero-order chi connectivity index (χ0) is 0. The first kappa shape index (κ1) is 31.8. The van der Waals surface area contributed by atoms with Crippen molar-refractivity contribution in [1.29, 1.82) is 0 Å². The zero-order valence-electron chi connectivity index (χ0n) is 1.67. The summed E-state index contributed by atoms with van der Waals surface area (Å²) in [5.41, 5.74) is 0. The SMILES string of the molecule is [Mo].[Nb].[Se].[Se]. The molecule has 0 aromatic carbocycles. The Morgan fingerprint density at radius 3 is 0.750 bits per heavy atom. The van der Waals surface area contributed by atoms with Gasteiger partial charge in [0, 0.05) is 77.6 Å². The summed E-state index contributed by atoms with van der Waals surface area (Å²) in [7, 11) is 0. The van der Waals surface area contributed by atoms with E-state index in [9.17, 15) is 0 Å². The van der Waals surface area contributed by atoms with Crippen molar-refractivity contribution in [3.8, 4) is 0 Å². The van der Waals surface area contributed by atoms with E-state index in [1.807, 2.05) is 0 Å². The number of hydrogen-bond acceptors (Lipinski definition) is 0. The molecule has 0 heterocycles. The fourth-order valence-electron chi connectivity index (χ4n) is 0. The summed E-state index contributed by atoms with van der Waals surface area (Å²) in [5.74, 6) is 0. The topological polar surface area (TPSA) is 0 Å². The molecular weight excluding hydrogens is 347 g/mol. The minimum absolute atomic E-state index is 0. The second-order valence-electron chi connectivity index (χ2n) is 0. The molecule has 0 N–H and O–H groups in total. The Morgan fingerprint density at radius 1 is 0.750 bits per heavy atom.